The highest BCUT2D eigenvalue weighted by atomic mass is 16.6. The molecule has 9 heteroatoms. The van der Waals surface area contributed by atoms with Gasteiger partial charge in [0.25, 0.3) is 0 Å². The van der Waals surface area contributed by atoms with Crippen LogP contribution in [0, 0.1) is 0 Å². The monoisotopic (exact) mass is 531 g/mol. The normalized spacial score (nSPS) is 11.7. The van der Waals surface area contributed by atoms with Gasteiger partial charge in [0.2, 0.25) is 0 Å². The van der Waals surface area contributed by atoms with E-state index in [1.165, 1.54) is 11.9 Å². The van der Waals surface area contributed by atoms with Crippen LogP contribution in [0.3, 0.4) is 0 Å². The highest BCUT2D eigenvalue weighted by molar-refractivity contribution is 5.95. The second kappa shape index (κ2) is 9.85. The maximum Gasteiger partial charge on any atom is 0.412 e. The van der Waals surface area contributed by atoms with E-state index in [0.29, 0.717) is 23.6 Å². The first-order valence-corrected chi connectivity index (χ1v) is 13.0. The number of rotatable bonds is 5. The zero-order valence-electron chi connectivity index (χ0n) is 22.5. The summed E-state index contributed by atoms with van der Waals surface area (Å²) in [4.78, 5) is 16.6. The molecule has 0 saturated carbocycles. The molecule has 0 fully saturated rings. The Morgan fingerprint density at radius 3 is 2.60 bits per heavy atom. The summed E-state index contributed by atoms with van der Waals surface area (Å²) >= 11 is 0. The zero-order chi connectivity index (χ0) is 27.9. The third kappa shape index (κ3) is 5.09. The average Bonchev–Trinajstić information content (AvgIpc) is 3.50. The molecule has 3 N–H and O–H groups in total. The van der Waals surface area contributed by atoms with Crippen molar-refractivity contribution < 1.29 is 9.53 Å². The predicted octanol–water partition coefficient (Wildman–Crippen LogP) is 6.39. The molecule has 6 aromatic rings. The van der Waals surface area contributed by atoms with Crippen molar-refractivity contribution in [2.75, 3.05) is 11.1 Å². The minimum atomic E-state index is -0.596. The number of benzene rings is 3. The van der Waals surface area contributed by atoms with Crippen LogP contribution in [0.2, 0.25) is 0 Å². The fraction of sp³-hybridized carbons (Fsp3) is 0.161. The van der Waals surface area contributed by atoms with Crippen LogP contribution in [-0.4, -0.2) is 36.1 Å². The van der Waals surface area contributed by atoms with E-state index in [9.17, 15) is 4.79 Å². The van der Waals surface area contributed by atoms with Crippen molar-refractivity contribution in [3.63, 3.8) is 0 Å². The van der Waals surface area contributed by atoms with Gasteiger partial charge in [0.15, 0.2) is 5.82 Å². The Morgan fingerprint density at radius 1 is 0.975 bits per heavy atom. The molecule has 200 valence electrons. The van der Waals surface area contributed by atoms with Gasteiger partial charge in [-0.3, -0.25) is 10.00 Å². The summed E-state index contributed by atoms with van der Waals surface area (Å²) in [6.07, 6.45) is 2.97. The molecule has 0 radical (unpaired) electrons. The van der Waals surface area contributed by atoms with Gasteiger partial charge in [-0.05, 0) is 56.2 Å². The lowest BCUT2D eigenvalue weighted by Crippen LogP contribution is -2.27. The molecular weight excluding hydrogens is 502 g/mol. The van der Waals surface area contributed by atoms with Crippen LogP contribution in [0.25, 0.3) is 38.8 Å². The van der Waals surface area contributed by atoms with E-state index in [2.05, 4.69) is 51.9 Å². The number of fused-ring (bicyclic) bond motifs is 2. The van der Waals surface area contributed by atoms with Gasteiger partial charge in [0.1, 0.15) is 17.4 Å². The van der Waals surface area contributed by atoms with Gasteiger partial charge in [-0.1, -0.05) is 54.6 Å². The Labute approximate surface area is 231 Å². The Kier molecular flexibility index (Phi) is 6.18. The van der Waals surface area contributed by atoms with Gasteiger partial charge >= 0.3 is 6.09 Å². The second-order valence-corrected chi connectivity index (χ2v) is 10.6. The van der Waals surface area contributed by atoms with Crippen molar-refractivity contribution in [3.05, 3.63) is 97.0 Å². The van der Waals surface area contributed by atoms with E-state index in [4.69, 9.17) is 15.6 Å². The molecule has 1 amide bonds. The maximum absolute atomic E-state index is 12.3. The summed E-state index contributed by atoms with van der Waals surface area (Å²) in [6, 6.07) is 26.0. The number of nitrogen functional groups attached to an aromatic ring is 1. The molecule has 40 heavy (non-hydrogen) atoms. The number of amides is 1. The summed E-state index contributed by atoms with van der Waals surface area (Å²) in [5.41, 5.74) is 12.7. The Balaban J connectivity index is 1.38. The molecule has 3 heterocycles. The second-order valence-electron chi connectivity index (χ2n) is 10.6. The van der Waals surface area contributed by atoms with Crippen molar-refractivity contribution in [1.29, 1.82) is 0 Å². The summed E-state index contributed by atoms with van der Waals surface area (Å²) in [5, 5.41) is 13.2. The lowest BCUT2D eigenvalue weighted by atomic mass is 10.0. The van der Waals surface area contributed by atoms with Crippen molar-refractivity contribution in [1.82, 2.24) is 24.4 Å². The molecule has 0 bridgehead atoms. The summed E-state index contributed by atoms with van der Waals surface area (Å²) in [7, 11) is 0. The molecular formula is C31H29N7O2. The largest absolute Gasteiger partial charge is 0.444 e. The van der Waals surface area contributed by atoms with E-state index in [0.717, 1.165) is 33.3 Å². The first-order chi connectivity index (χ1) is 19.2. The van der Waals surface area contributed by atoms with Crippen molar-refractivity contribution in [3.8, 4) is 22.4 Å². The summed E-state index contributed by atoms with van der Waals surface area (Å²) < 4.78 is 9.14. The van der Waals surface area contributed by atoms with Gasteiger partial charge in [-0.25, -0.2) is 14.3 Å². The molecule has 0 saturated heterocycles. The van der Waals surface area contributed by atoms with E-state index >= 15 is 0 Å². The van der Waals surface area contributed by atoms with Crippen molar-refractivity contribution in [2.24, 2.45) is 0 Å². The molecule has 6 rings (SSSR count). The van der Waals surface area contributed by atoms with Crippen LogP contribution in [0.4, 0.5) is 16.3 Å². The predicted molar refractivity (Wildman–Crippen MR) is 157 cm³/mol. The van der Waals surface area contributed by atoms with Gasteiger partial charge in [0, 0.05) is 28.4 Å². The van der Waals surface area contributed by atoms with Crippen LogP contribution >= 0.6 is 0 Å². The number of nitrogens with zero attached hydrogens (tertiary/aromatic N) is 5. The minimum absolute atomic E-state index is 0.369. The number of anilines is 2. The number of hydrogen-bond acceptors (Lipinski definition) is 6. The minimum Gasteiger partial charge on any atom is -0.444 e. The molecule has 0 spiro atoms. The Hall–Kier alpha value is -5.18. The number of hydrogen-bond donors (Lipinski definition) is 2. The van der Waals surface area contributed by atoms with Gasteiger partial charge in [-0.15, -0.1) is 0 Å². The quantitative estimate of drug-likeness (QED) is 0.267. The van der Waals surface area contributed by atoms with Gasteiger partial charge < -0.3 is 10.5 Å². The topological polar surface area (TPSA) is 112 Å². The average molecular weight is 532 g/mol. The first kappa shape index (κ1) is 25.1. The molecule has 0 unspecified atom stereocenters. The highest BCUT2D eigenvalue weighted by Crippen LogP contribution is 2.36. The van der Waals surface area contributed by atoms with Crippen molar-refractivity contribution in [2.45, 2.75) is 32.9 Å². The van der Waals surface area contributed by atoms with E-state index in [1.807, 2.05) is 74.0 Å². The zero-order valence-corrected chi connectivity index (χ0v) is 22.5. The third-order valence-corrected chi connectivity index (χ3v) is 6.44. The van der Waals surface area contributed by atoms with Crippen molar-refractivity contribution >= 4 is 34.0 Å². The van der Waals surface area contributed by atoms with Crippen LogP contribution in [0.1, 0.15) is 26.3 Å². The lowest BCUT2D eigenvalue weighted by Gasteiger charge is -2.19. The molecule has 3 aromatic heterocycles. The first-order valence-electron chi connectivity index (χ1n) is 13.0. The standard InChI is InChI=1S/C31H29N7O2/c1-31(2,3)40-30(39)35-24-11-7-10-22(14-24)27-16-25(28-29(32)33-19-34-38(27)28)21-12-13-23-18-37(36-26(23)15-21)17-20-8-5-4-6-9-20/h4-16,18-19H,17H2,1-3H3,(H,35,39)(H2,32,33,34). The molecule has 0 atom stereocenters. The summed E-state index contributed by atoms with van der Waals surface area (Å²) in [6.45, 7) is 6.17. The number of carbonyl (C=O) groups excluding carboxylic acids is 1. The number of ether oxygens (including phenoxy) is 1. The number of nitrogens with two attached hydrogens (primary N) is 1. The molecule has 9 nitrogen and oxygen atoms in total. The van der Waals surface area contributed by atoms with Gasteiger partial charge in [-0.2, -0.15) is 10.2 Å². The van der Waals surface area contributed by atoms with Crippen LogP contribution in [-0.2, 0) is 11.3 Å². The smallest absolute Gasteiger partial charge is 0.412 e. The highest BCUT2D eigenvalue weighted by Gasteiger charge is 2.19. The maximum atomic E-state index is 12.3. The van der Waals surface area contributed by atoms with Crippen LogP contribution < -0.4 is 11.1 Å². The molecule has 0 aliphatic heterocycles. The van der Waals surface area contributed by atoms with E-state index in [-0.39, 0.29) is 0 Å². The lowest BCUT2D eigenvalue weighted by molar-refractivity contribution is 0.0636. The molecule has 3 aromatic carbocycles. The third-order valence-electron chi connectivity index (χ3n) is 6.44. The Morgan fingerprint density at radius 2 is 1.80 bits per heavy atom. The number of carbonyl (C=O) groups is 1. The number of nitrogens with one attached hydrogen (secondary N) is 1. The SMILES string of the molecule is CC(C)(C)OC(=O)Nc1cccc(-c2cc(-c3ccc4cn(Cc5ccccc5)nc4c3)c3c(N)ncnn23)c1. The fourth-order valence-electron chi connectivity index (χ4n) is 4.76. The molecule has 0 aliphatic carbocycles. The Bertz CT molecular complexity index is 1850. The van der Waals surface area contributed by atoms with E-state index < -0.39 is 11.7 Å². The fourth-order valence-corrected chi connectivity index (χ4v) is 4.76. The number of aromatic nitrogens is 5. The van der Waals surface area contributed by atoms with E-state index in [1.54, 1.807) is 4.52 Å². The van der Waals surface area contributed by atoms with Gasteiger partial charge in [0.05, 0.1) is 17.8 Å². The van der Waals surface area contributed by atoms with Crippen LogP contribution in [0.15, 0.2) is 91.4 Å². The van der Waals surface area contributed by atoms with Crippen LogP contribution in [0.5, 0.6) is 0 Å². The molecule has 0 aliphatic rings. The summed E-state index contributed by atoms with van der Waals surface area (Å²) in [5.74, 6) is 0.369.